The number of hydrogen-bond acceptors (Lipinski definition) is 4. The van der Waals surface area contributed by atoms with Crippen molar-refractivity contribution in [2.24, 2.45) is 0 Å². The maximum Gasteiger partial charge on any atom is -1.00 e. The van der Waals surface area contributed by atoms with Crippen molar-refractivity contribution in [3.8, 4) is 23.0 Å². The molecule has 0 unspecified atom stereocenters. The summed E-state index contributed by atoms with van der Waals surface area (Å²) in [4.78, 5) is 0. The van der Waals surface area contributed by atoms with Crippen LogP contribution < -0.4 is 39.9 Å². The molecule has 0 fully saturated rings. The van der Waals surface area contributed by atoms with E-state index in [9.17, 15) is 0 Å². The Morgan fingerprint density at radius 2 is 1.05 bits per heavy atom. The molecule has 0 saturated heterocycles. The summed E-state index contributed by atoms with van der Waals surface area (Å²) in [5.74, 6) is 3.10. The average molecular weight is 408 g/mol. The fraction of sp³-hybridized carbons (Fsp3) is 0.143. The van der Waals surface area contributed by atoms with Crippen LogP contribution in [-0.2, 0) is 24.1 Å². The number of halogens is 2. The van der Waals surface area contributed by atoms with E-state index in [2.05, 4.69) is 0 Å². The van der Waals surface area contributed by atoms with Crippen molar-refractivity contribution in [3.05, 3.63) is 48.5 Å². The molecule has 21 heavy (non-hydrogen) atoms. The fourth-order valence-electron chi connectivity index (χ4n) is 1.45. The van der Waals surface area contributed by atoms with E-state index < -0.39 is 24.1 Å². The van der Waals surface area contributed by atoms with Gasteiger partial charge in [-0.15, -0.1) is 0 Å². The largest absolute Gasteiger partial charge is 1.00 e. The summed E-state index contributed by atoms with van der Waals surface area (Å²) < 4.78 is 21.6. The number of ether oxygens (including phenoxy) is 2. The van der Waals surface area contributed by atoms with Gasteiger partial charge in [-0.2, -0.15) is 0 Å². The molecule has 0 saturated carbocycles. The van der Waals surface area contributed by atoms with E-state index in [4.69, 9.17) is 15.1 Å². The Balaban J connectivity index is 0.00000200. The summed E-state index contributed by atoms with van der Waals surface area (Å²) in [5.41, 5.74) is 0. The van der Waals surface area contributed by atoms with Gasteiger partial charge in [-0.05, 0) is 0 Å². The molecule has 112 valence electrons. The minimum atomic E-state index is -1.43. The van der Waals surface area contributed by atoms with Gasteiger partial charge in [0.2, 0.25) is 0 Å². The second kappa shape index (κ2) is 10.8. The topological polar surface area (TPSA) is 36.9 Å². The van der Waals surface area contributed by atoms with Gasteiger partial charge in [-0.25, -0.2) is 0 Å². The third-order valence-electron chi connectivity index (χ3n) is 2.40. The predicted molar refractivity (Wildman–Crippen MR) is 67.2 cm³/mol. The standard InChI is InChI=1S/2C7H8O2.2ClH.Zr/c2*1-9-7-4-2-3-6(8)5-7;;;/h2*2-5,8H,1H3;2*1H;/q;;;;+4/p-4. The first-order valence-electron chi connectivity index (χ1n) is 5.68. The fourth-order valence-corrected chi connectivity index (χ4v) is 2.65. The van der Waals surface area contributed by atoms with Crippen LogP contribution in [0.5, 0.6) is 23.0 Å². The predicted octanol–water partition coefficient (Wildman–Crippen LogP) is -2.92. The zero-order valence-corrected chi connectivity index (χ0v) is 15.5. The first-order valence-corrected chi connectivity index (χ1v) is 7.69. The van der Waals surface area contributed by atoms with Crippen molar-refractivity contribution in [2.75, 3.05) is 14.2 Å². The molecule has 0 aliphatic carbocycles. The van der Waals surface area contributed by atoms with Gasteiger partial charge >= 0.3 is 125 Å². The van der Waals surface area contributed by atoms with Crippen LogP contribution in [0.4, 0.5) is 0 Å². The SMILES string of the molecule is COc1cccc([O][Zr+2][O]c2cccc(OC)c2)c1.[Cl-].[Cl-]. The Morgan fingerprint density at radius 3 is 1.43 bits per heavy atom. The Hall–Kier alpha value is -0.897. The molecule has 0 aromatic heterocycles. The van der Waals surface area contributed by atoms with Gasteiger partial charge in [0.25, 0.3) is 0 Å². The van der Waals surface area contributed by atoms with Gasteiger partial charge in [0, 0.05) is 0 Å². The first-order chi connectivity index (χ1) is 9.31. The van der Waals surface area contributed by atoms with Crippen molar-refractivity contribution in [1.82, 2.24) is 0 Å². The van der Waals surface area contributed by atoms with Crippen LogP contribution >= 0.6 is 0 Å². The van der Waals surface area contributed by atoms with Crippen LogP contribution in [0.1, 0.15) is 0 Å². The van der Waals surface area contributed by atoms with E-state index in [-0.39, 0.29) is 24.8 Å². The first kappa shape index (κ1) is 20.1. The normalized spacial score (nSPS) is 8.48. The van der Waals surface area contributed by atoms with Crippen molar-refractivity contribution in [3.63, 3.8) is 0 Å². The summed E-state index contributed by atoms with van der Waals surface area (Å²) in [5, 5.41) is 0. The second-order valence-electron chi connectivity index (χ2n) is 3.65. The summed E-state index contributed by atoms with van der Waals surface area (Å²) in [7, 11) is 3.26. The quantitative estimate of drug-likeness (QED) is 0.514. The van der Waals surface area contributed by atoms with E-state index in [1.165, 1.54) is 0 Å². The van der Waals surface area contributed by atoms with Gasteiger partial charge < -0.3 is 24.8 Å². The van der Waals surface area contributed by atoms with E-state index in [1.54, 1.807) is 14.2 Å². The summed E-state index contributed by atoms with van der Waals surface area (Å²) >= 11 is -1.43. The molecule has 0 N–H and O–H groups in total. The van der Waals surface area contributed by atoms with E-state index >= 15 is 0 Å². The van der Waals surface area contributed by atoms with Crippen molar-refractivity contribution in [1.29, 1.82) is 0 Å². The molecule has 7 heteroatoms. The van der Waals surface area contributed by atoms with Gasteiger partial charge in [-0.1, -0.05) is 0 Å². The van der Waals surface area contributed by atoms with Crippen molar-refractivity contribution in [2.45, 2.75) is 0 Å². The third kappa shape index (κ3) is 6.60. The average Bonchev–Trinajstić information content (AvgIpc) is 2.48. The smallest absolute Gasteiger partial charge is 1.00 e. The molecule has 0 spiro atoms. The molecule has 0 aliphatic rings. The molecule has 2 rings (SSSR count). The van der Waals surface area contributed by atoms with Crippen molar-refractivity contribution >= 4 is 0 Å². The summed E-state index contributed by atoms with van der Waals surface area (Å²) in [6.45, 7) is 0. The minimum Gasteiger partial charge on any atom is -1.00 e. The Kier molecular flexibility index (Phi) is 10.3. The van der Waals surface area contributed by atoms with Crippen LogP contribution in [0.3, 0.4) is 0 Å². The van der Waals surface area contributed by atoms with Gasteiger partial charge in [-0.3, -0.25) is 0 Å². The van der Waals surface area contributed by atoms with E-state index in [1.807, 2.05) is 48.5 Å². The second-order valence-corrected chi connectivity index (χ2v) is 5.06. The van der Waals surface area contributed by atoms with E-state index in [0.29, 0.717) is 0 Å². The molecule has 0 atom stereocenters. The number of hydrogen-bond donors (Lipinski definition) is 0. The van der Waals surface area contributed by atoms with Crippen LogP contribution in [0.2, 0.25) is 0 Å². The zero-order chi connectivity index (χ0) is 13.5. The van der Waals surface area contributed by atoms with Crippen LogP contribution in [0.15, 0.2) is 48.5 Å². The van der Waals surface area contributed by atoms with E-state index in [0.717, 1.165) is 23.0 Å². The Morgan fingerprint density at radius 1 is 0.667 bits per heavy atom. The van der Waals surface area contributed by atoms with Crippen LogP contribution in [-0.4, -0.2) is 14.2 Å². The Labute approximate surface area is 149 Å². The van der Waals surface area contributed by atoms with Gasteiger partial charge in [0.05, 0.1) is 0 Å². The summed E-state index contributed by atoms with van der Waals surface area (Å²) in [6.07, 6.45) is 0. The zero-order valence-electron chi connectivity index (χ0n) is 11.5. The molecule has 0 amide bonds. The van der Waals surface area contributed by atoms with Crippen molar-refractivity contribution < 1.29 is 64.0 Å². The Bertz CT molecular complexity index is 492. The number of rotatable bonds is 6. The number of methoxy groups -OCH3 is 2. The molecular formula is C14H14Cl2O4Zr. The molecular weight excluding hydrogens is 394 g/mol. The maximum absolute atomic E-state index is 5.65. The van der Waals surface area contributed by atoms with Gasteiger partial charge in [0.1, 0.15) is 0 Å². The third-order valence-corrected chi connectivity index (χ3v) is 3.97. The molecule has 0 aliphatic heterocycles. The molecule has 2 aromatic rings. The van der Waals surface area contributed by atoms with Gasteiger partial charge in [0.15, 0.2) is 0 Å². The van der Waals surface area contributed by atoms with Crippen LogP contribution in [0, 0.1) is 0 Å². The molecule has 0 bridgehead atoms. The molecule has 2 aromatic carbocycles. The molecule has 4 nitrogen and oxygen atoms in total. The minimum absolute atomic E-state index is 0. The van der Waals surface area contributed by atoms with Crippen LogP contribution in [0.25, 0.3) is 0 Å². The molecule has 0 radical (unpaired) electrons. The maximum atomic E-state index is 5.65. The molecule has 0 heterocycles. The summed E-state index contributed by atoms with van der Waals surface area (Å²) in [6, 6.07) is 15.0. The number of benzene rings is 2. The monoisotopic (exact) mass is 406 g/mol.